The van der Waals surface area contributed by atoms with Gasteiger partial charge in [-0.25, -0.2) is 4.39 Å². The first-order valence-corrected chi connectivity index (χ1v) is 10.6. The highest BCUT2D eigenvalue weighted by molar-refractivity contribution is 5.77. The molecule has 8 nitrogen and oxygen atoms in total. The number of carbonyl (C=O) groups is 1. The second-order valence-electron chi connectivity index (χ2n) is 7.69. The summed E-state index contributed by atoms with van der Waals surface area (Å²) in [5, 5.41) is 15.2. The molecule has 0 radical (unpaired) electrons. The number of benzene rings is 2. The van der Waals surface area contributed by atoms with E-state index in [0.717, 1.165) is 0 Å². The predicted octanol–water partition coefficient (Wildman–Crippen LogP) is 3.63. The van der Waals surface area contributed by atoms with Crippen molar-refractivity contribution >= 4 is 11.6 Å². The Balaban J connectivity index is 1.26. The van der Waals surface area contributed by atoms with Crippen LogP contribution in [0.2, 0.25) is 0 Å². The van der Waals surface area contributed by atoms with Crippen LogP contribution in [0.25, 0.3) is 17.0 Å². The van der Waals surface area contributed by atoms with Crippen molar-refractivity contribution < 1.29 is 18.7 Å². The van der Waals surface area contributed by atoms with Crippen LogP contribution in [0, 0.1) is 5.82 Å². The Hall–Kier alpha value is -4.01. The summed E-state index contributed by atoms with van der Waals surface area (Å²) >= 11 is 0. The first kappa shape index (κ1) is 22.2. The number of hydrogen-bond donors (Lipinski definition) is 1. The lowest BCUT2D eigenvalue weighted by Crippen LogP contribution is -2.32. The number of rotatable bonds is 9. The van der Waals surface area contributed by atoms with Crippen LogP contribution in [0.15, 0.2) is 60.7 Å². The van der Waals surface area contributed by atoms with Crippen LogP contribution in [0.4, 0.5) is 4.39 Å². The Kier molecular flexibility index (Phi) is 6.77. The van der Waals surface area contributed by atoms with Gasteiger partial charge >= 0.3 is 0 Å². The summed E-state index contributed by atoms with van der Waals surface area (Å²) in [4.78, 5) is 12.0. The fraction of sp³-hybridized carbons (Fsp3) is 0.250. The van der Waals surface area contributed by atoms with Crippen LogP contribution in [0.1, 0.15) is 25.3 Å². The quantitative estimate of drug-likeness (QED) is 0.393. The maximum absolute atomic E-state index is 13.6. The standard InChI is InChI=1S/C24H24FN5O3/c1-16(2)17-6-8-20(9-7-17)33-15-22(31)26-12-13-32-23-11-10-21-27-28-24(30(21)29-23)18-4-3-5-19(25)14-18/h3-11,14,16H,12-13,15H2,1-2H3,(H,26,31). The predicted molar refractivity (Wildman–Crippen MR) is 121 cm³/mol. The second-order valence-corrected chi connectivity index (χ2v) is 7.69. The largest absolute Gasteiger partial charge is 0.484 e. The topological polar surface area (TPSA) is 90.6 Å². The molecule has 4 rings (SSSR count). The Morgan fingerprint density at radius 2 is 1.88 bits per heavy atom. The van der Waals surface area contributed by atoms with Crippen LogP contribution in [0.3, 0.4) is 0 Å². The van der Waals surface area contributed by atoms with Gasteiger partial charge in [-0.05, 0) is 41.8 Å². The number of amides is 1. The van der Waals surface area contributed by atoms with Gasteiger partial charge in [-0.3, -0.25) is 4.79 Å². The summed E-state index contributed by atoms with van der Waals surface area (Å²) < 4.78 is 26.2. The molecule has 2 aromatic carbocycles. The molecule has 33 heavy (non-hydrogen) atoms. The van der Waals surface area contributed by atoms with Crippen molar-refractivity contribution in [2.45, 2.75) is 19.8 Å². The minimum atomic E-state index is -0.371. The molecule has 170 valence electrons. The average molecular weight is 449 g/mol. The Morgan fingerprint density at radius 1 is 1.06 bits per heavy atom. The maximum atomic E-state index is 13.6. The normalized spacial score (nSPS) is 11.0. The van der Waals surface area contributed by atoms with E-state index in [2.05, 4.69) is 34.5 Å². The molecule has 1 amide bonds. The van der Waals surface area contributed by atoms with E-state index in [4.69, 9.17) is 9.47 Å². The van der Waals surface area contributed by atoms with E-state index in [9.17, 15) is 9.18 Å². The van der Waals surface area contributed by atoms with Crippen molar-refractivity contribution in [3.63, 3.8) is 0 Å². The zero-order valence-corrected chi connectivity index (χ0v) is 18.4. The first-order chi connectivity index (χ1) is 16.0. The lowest BCUT2D eigenvalue weighted by atomic mass is 10.0. The van der Waals surface area contributed by atoms with E-state index in [1.165, 1.54) is 22.2 Å². The smallest absolute Gasteiger partial charge is 0.258 e. The molecule has 0 fully saturated rings. The van der Waals surface area contributed by atoms with Gasteiger partial charge in [0.2, 0.25) is 5.88 Å². The Morgan fingerprint density at radius 3 is 2.64 bits per heavy atom. The first-order valence-electron chi connectivity index (χ1n) is 10.6. The monoisotopic (exact) mass is 449 g/mol. The molecule has 0 bridgehead atoms. The molecule has 0 aliphatic heterocycles. The molecule has 0 aliphatic carbocycles. The van der Waals surface area contributed by atoms with Crippen LogP contribution in [-0.4, -0.2) is 45.5 Å². The number of aromatic nitrogens is 4. The van der Waals surface area contributed by atoms with Gasteiger partial charge in [0.15, 0.2) is 18.1 Å². The Bertz CT molecular complexity index is 1240. The Labute approximate surface area is 190 Å². The summed E-state index contributed by atoms with van der Waals surface area (Å²) in [6, 6.07) is 17.1. The van der Waals surface area contributed by atoms with Crippen molar-refractivity contribution in [2.75, 3.05) is 19.8 Å². The van der Waals surface area contributed by atoms with Gasteiger partial charge in [-0.2, -0.15) is 4.52 Å². The molecule has 4 aromatic rings. The molecule has 1 N–H and O–H groups in total. The molecule has 9 heteroatoms. The van der Waals surface area contributed by atoms with Crippen molar-refractivity contribution in [1.29, 1.82) is 0 Å². The number of fused-ring (bicyclic) bond motifs is 1. The van der Waals surface area contributed by atoms with Gasteiger partial charge in [0, 0.05) is 11.6 Å². The van der Waals surface area contributed by atoms with E-state index in [-0.39, 0.29) is 31.5 Å². The van der Waals surface area contributed by atoms with Crippen molar-refractivity contribution in [3.8, 4) is 23.0 Å². The third kappa shape index (κ3) is 5.62. The maximum Gasteiger partial charge on any atom is 0.258 e. The zero-order chi connectivity index (χ0) is 23.2. The molecule has 0 unspecified atom stereocenters. The fourth-order valence-corrected chi connectivity index (χ4v) is 3.15. The molecule has 2 aromatic heterocycles. The van der Waals surface area contributed by atoms with E-state index in [1.807, 2.05) is 24.3 Å². The highest BCUT2D eigenvalue weighted by atomic mass is 19.1. The molecule has 0 saturated heterocycles. The number of carbonyl (C=O) groups excluding carboxylic acids is 1. The van der Waals surface area contributed by atoms with Gasteiger partial charge in [0.1, 0.15) is 18.2 Å². The van der Waals surface area contributed by atoms with Gasteiger partial charge in [0.05, 0.1) is 6.54 Å². The summed E-state index contributed by atoms with van der Waals surface area (Å²) in [6.45, 7) is 4.66. The molecular weight excluding hydrogens is 425 g/mol. The van der Waals surface area contributed by atoms with Crippen LogP contribution in [-0.2, 0) is 4.79 Å². The molecule has 0 atom stereocenters. The van der Waals surface area contributed by atoms with Crippen LogP contribution < -0.4 is 14.8 Å². The molecular formula is C24H24FN5O3. The molecule has 2 heterocycles. The zero-order valence-electron chi connectivity index (χ0n) is 18.4. The highest BCUT2D eigenvalue weighted by Gasteiger charge is 2.11. The SMILES string of the molecule is CC(C)c1ccc(OCC(=O)NCCOc2ccc3nnc(-c4cccc(F)c4)n3n2)cc1. The van der Waals surface area contributed by atoms with E-state index in [0.29, 0.717) is 34.6 Å². The summed E-state index contributed by atoms with van der Waals surface area (Å²) in [5.74, 6) is 1.20. The van der Waals surface area contributed by atoms with Crippen molar-refractivity contribution in [2.24, 2.45) is 0 Å². The minimum absolute atomic E-state index is 0.0804. The van der Waals surface area contributed by atoms with E-state index < -0.39 is 0 Å². The van der Waals surface area contributed by atoms with Gasteiger partial charge in [-0.15, -0.1) is 15.3 Å². The second kappa shape index (κ2) is 10.1. The number of nitrogens with one attached hydrogen (secondary N) is 1. The third-order valence-corrected chi connectivity index (χ3v) is 4.91. The van der Waals surface area contributed by atoms with Gasteiger partial charge in [-0.1, -0.05) is 38.1 Å². The summed E-state index contributed by atoms with van der Waals surface area (Å²) in [6.07, 6.45) is 0. The lowest BCUT2D eigenvalue weighted by Gasteiger charge is -2.10. The van der Waals surface area contributed by atoms with E-state index >= 15 is 0 Å². The van der Waals surface area contributed by atoms with E-state index in [1.54, 1.807) is 24.3 Å². The highest BCUT2D eigenvalue weighted by Crippen LogP contribution is 2.20. The van der Waals surface area contributed by atoms with Crippen LogP contribution >= 0.6 is 0 Å². The number of halogens is 1. The number of hydrogen-bond acceptors (Lipinski definition) is 6. The minimum Gasteiger partial charge on any atom is -0.484 e. The molecule has 0 aliphatic rings. The molecule has 0 spiro atoms. The summed E-state index contributed by atoms with van der Waals surface area (Å²) in [5.41, 5.74) is 2.28. The summed E-state index contributed by atoms with van der Waals surface area (Å²) in [7, 11) is 0. The third-order valence-electron chi connectivity index (χ3n) is 4.91. The lowest BCUT2D eigenvalue weighted by molar-refractivity contribution is -0.123. The van der Waals surface area contributed by atoms with Crippen molar-refractivity contribution in [3.05, 3.63) is 72.0 Å². The number of ether oxygens (including phenoxy) is 2. The fourth-order valence-electron chi connectivity index (χ4n) is 3.15. The molecule has 0 saturated carbocycles. The van der Waals surface area contributed by atoms with Gasteiger partial charge < -0.3 is 14.8 Å². The van der Waals surface area contributed by atoms with Gasteiger partial charge in [0.25, 0.3) is 5.91 Å². The van der Waals surface area contributed by atoms with Crippen LogP contribution in [0.5, 0.6) is 11.6 Å². The van der Waals surface area contributed by atoms with Crippen molar-refractivity contribution in [1.82, 2.24) is 25.1 Å². The number of nitrogens with zero attached hydrogens (tertiary/aromatic N) is 4. The average Bonchev–Trinajstić information content (AvgIpc) is 3.24.